The molecular formula is C30H42N2O5. The van der Waals surface area contributed by atoms with Gasteiger partial charge in [0.2, 0.25) is 11.8 Å². The van der Waals surface area contributed by atoms with E-state index in [-0.39, 0.29) is 18.2 Å². The van der Waals surface area contributed by atoms with E-state index in [1.54, 1.807) is 20.8 Å². The molecule has 2 amide bonds. The van der Waals surface area contributed by atoms with Gasteiger partial charge in [-0.25, -0.2) is 4.79 Å². The van der Waals surface area contributed by atoms with Crippen LogP contribution in [-0.4, -0.2) is 35.5 Å². The minimum Gasteiger partial charge on any atom is -0.489 e. The lowest BCUT2D eigenvalue weighted by Gasteiger charge is -2.27. The summed E-state index contributed by atoms with van der Waals surface area (Å²) in [5.74, 6) is -0.198. The quantitative estimate of drug-likeness (QED) is 0.371. The highest BCUT2D eigenvalue weighted by molar-refractivity contribution is 5.91. The Hall–Kier alpha value is -3.35. The maximum absolute atomic E-state index is 13.2. The lowest BCUT2D eigenvalue weighted by atomic mass is 10.0. The minimum atomic E-state index is -0.902. The molecule has 0 heterocycles. The van der Waals surface area contributed by atoms with Crippen molar-refractivity contribution in [3.8, 4) is 5.75 Å². The van der Waals surface area contributed by atoms with Crippen LogP contribution in [-0.2, 0) is 32.1 Å². The first-order valence-corrected chi connectivity index (χ1v) is 13.0. The molecule has 0 aromatic heterocycles. The lowest BCUT2D eigenvalue weighted by Crippen LogP contribution is -2.53. The van der Waals surface area contributed by atoms with Crippen molar-refractivity contribution in [1.82, 2.24) is 10.6 Å². The highest BCUT2D eigenvalue weighted by Crippen LogP contribution is 2.17. The standard InChI is InChI=1S/C30H42N2O5/c1-7-11-27(33)31-25(18-21(2)3)28(34)32-26(29(35)37-30(4,5)6)19-22-14-16-24(17-15-22)36-20-23-12-9-8-10-13-23/h8-10,12-17,21,25-26H,7,11,18-20H2,1-6H3,(H,31,33)(H,32,34). The summed E-state index contributed by atoms with van der Waals surface area (Å²) in [7, 11) is 0. The average molecular weight is 511 g/mol. The fourth-order valence-electron chi connectivity index (χ4n) is 3.73. The maximum atomic E-state index is 13.2. The summed E-state index contributed by atoms with van der Waals surface area (Å²) in [5.41, 5.74) is 1.21. The molecule has 7 nitrogen and oxygen atoms in total. The van der Waals surface area contributed by atoms with E-state index in [0.717, 1.165) is 11.1 Å². The van der Waals surface area contributed by atoms with Crippen molar-refractivity contribution in [2.45, 2.75) is 91.5 Å². The summed E-state index contributed by atoms with van der Waals surface area (Å²) in [6.07, 6.45) is 1.75. The number of ether oxygens (including phenoxy) is 2. The molecule has 0 bridgehead atoms. The topological polar surface area (TPSA) is 93.7 Å². The average Bonchev–Trinajstić information content (AvgIpc) is 2.82. The second-order valence-corrected chi connectivity index (χ2v) is 10.7. The number of amides is 2. The van der Waals surface area contributed by atoms with Gasteiger partial charge in [-0.2, -0.15) is 0 Å². The molecule has 7 heteroatoms. The number of benzene rings is 2. The van der Waals surface area contributed by atoms with Gasteiger partial charge in [0.05, 0.1) is 0 Å². The third-order valence-electron chi connectivity index (χ3n) is 5.46. The monoisotopic (exact) mass is 510 g/mol. The van der Waals surface area contributed by atoms with Crippen molar-refractivity contribution in [3.05, 3.63) is 65.7 Å². The predicted octanol–water partition coefficient (Wildman–Crippen LogP) is 4.97. The zero-order chi connectivity index (χ0) is 27.4. The molecule has 0 aliphatic rings. The molecule has 202 valence electrons. The van der Waals surface area contributed by atoms with Gasteiger partial charge in [-0.3, -0.25) is 9.59 Å². The first-order chi connectivity index (χ1) is 17.5. The van der Waals surface area contributed by atoms with Crippen LogP contribution in [0.5, 0.6) is 5.75 Å². The van der Waals surface area contributed by atoms with Crippen LogP contribution in [0.4, 0.5) is 0 Å². The van der Waals surface area contributed by atoms with E-state index in [1.165, 1.54) is 0 Å². The minimum absolute atomic E-state index is 0.178. The van der Waals surface area contributed by atoms with E-state index in [0.29, 0.717) is 31.6 Å². The molecular weight excluding hydrogens is 468 g/mol. The Kier molecular flexibility index (Phi) is 11.6. The van der Waals surface area contributed by atoms with Gasteiger partial charge < -0.3 is 20.1 Å². The Balaban J connectivity index is 2.13. The van der Waals surface area contributed by atoms with E-state index >= 15 is 0 Å². The van der Waals surface area contributed by atoms with Crippen LogP contribution in [0.15, 0.2) is 54.6 Å². The fraction of sp³-hybridized carbons (Fsp3) is 0.500. The van der Waals surface area contributed by atoms with E-state index in [1.807, 2.05) is 75.4 Å². The Morgan fingerprint density at radius 1 is 0.865 bits per heavy atom. The Bertz CT molecular complexity index is 997. The van der Waals surface area contributed by atoms with Crippen LogP contribution < -0.4 is 15.4 Å². The van der Waals surface area contributed by atoms with Crippen molar-refractivity contribution >= 4 is 17.8 Å². The van der Waals surface area contributed by atoms with Crippen molar-refractivity contribution in [1.29, 1.82) is 0 Å². The molecule has 2 atom stereocenters. The summed E-state index contributed by atoms with van der Waals surface area (Å²) in [6.45, 7) is 11.7. The second kappa shape index (κ2) is 14.4. The Morgan fingerprint density at radius 2 is 1.51 bits per heavy atom. The Morgan fingerprint density at radius 3 is 2.08 bits per heavy atom. The highest BCUT2D eigenvalue weighted by Gasteiger charge is 2.30. The summed E-state index contributed by atoms with van der Waals surface area (Å²) < 4.78 is 11.5. The van der Waals surface area contributed by atoms with Gasteiger partial charge in [0.1, 0.15) is 30.0 Å². The van der Waals surface area contributed by atoms with Crippen LogP contribution in [0.2, 0.25) is 0 Å². The van der Waals surface area contributed by atoms with Crippen LogP contribution >= 0.6 is 0 Å². The zero-order valence-corrected chi connectivity index (χ0v) is 23.0. The number of hydrogen-bond donors (Lipinski definition) is 2. The van der Waals surface area contributed by atoms with Crippen molar-refractivity contribution in [2.24, 2.45) is 5.92 Å². The third-order valence-corrected chi connectivity index (χ3v) is 5.46. The maximum Gasteiger partial charge on any atom is 0.329 e. The van der Waals surface area contributed by atoms with Gasteiger partial charge in [-0.1, -0.05) is 63.2 Å². The molecule has 2 unspecified atom stereocenters. The molecule has 2 aromatic rings. The van der Waals surface area contributed by atoms with Crippen LogP contribution in [0, 0.1) is 5.92 Å². The van der Waals surface area contributed by atoms with Gasteiger partial charge >= 0.3 is 5.97 Å². The number of esters is 1. The molecule has 2 aromatic carbocycles. The van der Waals surface area contributed by atoms with Crippen LogP contribution in [0.3, 0.4) is 0 Å². The molecule has 2 rings (SSSR count). The molecule has 0 fully saturated rings. The Labute approximate surface area is 221 Å². The highest BCUT2D eigenvalue weighted by atomic mass is 16.6. The zero-order valence-electron chi connectivity index (χ0n) is 23.0. The van der Waals surface area contributed by atoms with Crippen LogP contribution in [0.1, 0.15) is 71.9 Å². The number of carbonyl (C=O) groups excluding carboxylic acids is 3. The van der Waals surface area contributed by atoms with Gasteiger partial charge in [-0.15, -0.1) is 0 Å². The fourth-order valence-corrected chi connectivity index (χ4v) is 3.73. The van der Waals surface area contributed by atoms with E-state index in [4.69, 9.17) is 9.47 Å². The number of rotatable bonds is 13. The predicted molar refractivity (Wildman–Crippen MR) is 145 cm³/mol. The van der Waals surface area contributed by atoms with Gasteiger partial charge in [0.15, 0.2) is 0 Å². The van der Waals surface area contributed by atoms with Crippen LogP contribution in [0.25, 0.3) is 0 Å². The van der Waals surface area contributed by atoms with E-state index < -0.39 is 29.6 Å². The number of hydrogen-bond acceptors (Lipinski definition) is 5. The SMILES string of the molecule is CCCC(=O)NC(CC(C)C)C(=O)NC(Cc1ccc(OCc2ccccc2)cc1)C(=O)OC(C)(C)C. The van der Waals surface area contributed by atoms with Gasteiger partial charge in [-0.05, 0) is 62.8 Å². The molecule has 37 heavy (non-hydrogen) atoms. The number of carbonyl (C=O) groups is 3. The van der Waals surface area contributed by atoms with Crippen molar-refractivity contribution in [3.63, 3.8) is 0 Å². The molecule has 0 aliphatic heterocycles. The van der Waals surface area contributed by atoms with E-state index in [9.17, 15) is 14.4 Å². The molecule has 0 radical (unpaired) electrons. The van der Waals surface area contributed by atoms with Gasteiger partial charge in [0.25, 0.3) is 0 Å². The second-order valence-electron chi connectivity index (χ2n) is 10.7. The lowest BCUT2D eigenvalue weighted by molar-refractivity contribution is -0.158. The summed E-state index contributed by atoms with van der Waals surface area (Å²) in [5, 5.41) is 5.66. The molecule has 0 saturated heterocycles. The molecule has 2 N–H and O–H groups in total. The van der Waals surface area contributed by atoms with Crippen molar-refractivity contribution < 1.29 is 23.9 Å². The molecule has 0 saturated carbocycles. The normalized spacial score (nSPS) is 12.9. The molecule has 0 spiro atoms. The molecule has 0 aliphatic carbocycles. The summed E-state index contributed by atoms with van der Waals surface area (Å²) >= 11 is 0. The largest absolute Gasteiger partial charge is 0.489 e. The third kappa shape index (κ3) is 11.5. The first kappa shape index (κ1) is 29.9. The van der Waals surface area contributed by atoms with Gasteiger partial charge in [0, 0.05) is 12.8 Å². The smallest absolute Gasteiger partial charge is 0.329 e. The summed E-state index contributed by atoms with van der Waals surface area (Å²) in [4.78, 5) is 38.5. The van der Waals surface area contributed by atoms with E-state index in [2.05, 4.69) is 10.6 Å². The van der Waals surface area contributed by atoms with Crippen molar-refractivity contribution in [2.75, 3.05) is 0 Å². The number of nitrogens with one attached hydrogen (secondary N) is 2. The first-order valence-electron chi connectivity index (χ1n) is 13.0. The summed E-state index contributed by atoms with van der Waals surface area (Å²) in [6, 6.07) is 15.7.